The number of hydrogen-bond acceptors (Lipinski definition) is 4. The maximum Gasteiger partial charge on any atom is 0.410 e. The van der Waals surface area contributed by atoms with E-state index in [0.717, 1.165) is 4.68 Å². The van der Waals surface area contributed by atoms with Crippen LogP contribution in [-0.2, 0) is 0 Å². The number of anilines is 2. The van der Waals surface area contributed by atoms with E-state index in [0.29, 0.717) is 22.0 Å². The lowest BCUT2D eigenvalue weighted by atomic mass is 9.97. The number of halogens is 4. The molecule has 0 saturated heterocycles. The number of alkyl halides is 3. The van der Waals surface area contributed by atoms with Gasteiger partial charge in [-0.15, -0.1) is 0 Å². The lowest BCUT2D eigenvalue weighted by Crippen LogP contribution is -2.35. The number of nitrogens with zero attached hydrogens (tertiary/aromatic N) is 2. The highest BCUT2D eigenvalue weighted by Gasteiger charge is 2.46. The molecule has 6 nitrogen and oxygen atoms in total. The Morgan fingerprint density at radius 3 is 2.65 bits per heavy atom. The summed E-state index contributed by atoms with van der Waals surface area (Å²) in [6.45, 7) is 0. The smallest absolute Gasteiger partial charge is 0.410 e. The summed E-state index contributed by atoms with van der Waals surface area (Å²) in [4.78, 5) is 12.6. The van der Waals surface area contributed by atoms with Gasteiger partial charge in [0.2, 0.25) is 0 Å². The van der Waals surface area contributed by atoms with Crippen molar-refractivity contribution in [2.24, 2.45) is 0 Å². The minimum absolute atomic E-state index is 0.114. The Labute approximate surface area is 181 Å². The van der Waals surface area contributed by atoms with Gasteiger partial charge < -0.3 is 15.4 Å². The fourth-order valence-electron chi connectivity index (χ4n) is 3.49. The third-order valence-electron chi connectivity index (χ3n) is 5.02. The molecule has 2 aromatic carbocycles. The number of amides is 1. The first-order chi connectivity index (χ1) is 14.7. The standard InChI is InChI=1S/C21H18ClF3N4O2/c1-31-15-4-2-3-12(9-15)16-10-18(21(23,24)25)29-19(27-16)11-17(28-29)20(30)26-14-7-5-13(22)6-8-14/h2-9,11,16,18,27H,10H2,1H3,(H,26,30)/t16-,18+/m0/s1. The number of rotatable bonds is 4. The molecule has 1 aromatic heterocycles. The van der Waals surface area contributed by atoms with Crippen LogP contribution in [0.1, 0.15) is 34.6 Å². The lowest BCUT2D eigenvalue weighted by Gasteiger charge is -2.33. The van der Waals surface area contributed by atoms with Gasteiger partial charge in [0.05, 0.1) is 13.2 Å². The summed E-state index contributed by atoms with van der Waals surface area (Å²) < 4.78 is 47.5. The zero-order chi connectivity index (χ0) is 22.2. The summed E-state index contributed by atoms with van der Waals surface area (Å²) in [7, 11) is 1.49. The molecule has 31 heavy (non-hydrogen) atoms. The van der Waals surface area contributed by atoms with Crippen LogP contribution in [0.15, 0.2) is 54.6 Å². The Bertz CT molecular complexity index is 1100. The molecule has 0 unspecified atom stereocenters. The molecule has 0 saturated carbocycles. The average molecular weight is 451 g/mol. The second-order valence-corrected chi connectivity index (χ2v) is 7.52. The molecule has 10 heteroatoms. The predicted molar refractivity (Wildman–Crippen MR) is 111 cm³/mol. The van der Waals surface area contributed by atoms with Crippen LogP contribution >= 0.6 is 11.6 Å². The van der Waals surface area contributed by atoms with Gasteiger partial charge in [-0.1, -0.05) is 23.7 Å². The van der Waals surface area contributed by atoms with E-state index in [1.54, 1.807) is 48.5 Å². The number of carbonyl (C=O) groups excluding carboxylic acids is 1. The lowest BCUT2D eigenvalue weighted by molar-refractivity contribution is -0.173. The van der Waals surface area contributed by atoms with Gasteiger partial charge >= 0.3 is 6.18 Å². The van der Waals surface area contributed by atoms with Crippen LogP contribution in [0, 0.1) is 0 Å². The first-order valence-electron chi connectivity index (χ1n) is 9.38. The van der Waals surface area contributed by atoms with Crippen LogP contribution in [0.3, 0.4) is 0 Å². The number of hydrogen-bond donors (Lipinski definition) is 2. The fourth-order valence-corrected chi connectivity index (χ4v) is 3.62. The van der Waals surface area contributed by atoms with Gasteiger partial charge in [-0.05, 0) is 42.0 Å². The second kappa shape index (κ2) is 8.14. The number of ether oxygens (including phenoxy) is 1. The Hall–Kier alpha value is -3.20. The molecule has 1 aliphatic heterocycles. The zero-order valence-corrected chi connectivity index (χ0v) is 17.0. The number of aromatic nitrogens is 2. The van der Waals surface area contributed by atoms with E-state index in [4.69, 9.17) is 16.3 Å². The third-order valence-corrected chi connectivity index (χ3v) is 5.27. The van der Waals surface area contributed by atoms with Gasteiger partial charge in [-0.3, -0.25) is 4.79 Å². The van der Waals surface area contributed by atoms with Crippen molar-refractivity contribution >= 4 is 29.0 Å². The molecular weight excluding hydrogens is 433 g/mol. The molecule has 0 fully saturated rings. The van der Waals surface area contributed by atoms with E-state index >= 15 is 0 Å². The number of methoxy groups -OCH3 is 1. The Morgan fingerprint density at radius 2 is 1.97 bits per heavy atom. The number of nitrogens with one attached hydrogen (secondary N) is 2. The molecule has 2 heterocycles. The van der Waals surface area contributed by atoms with Crippen molar-refractivity contribution in [1.29, 1.82) is 0 Å². The summed E-state index contributed by atoms with van der Waals surface area (Å²) in [5.41, 5.74) is 0.973. The first-order valence-corrected chi connectivity index (χ1v) is 9.76. The largest absolute Gasteiger partial charge is 0.497 e. The SMILES string of the molecule is COc1cccc([C@@H]2C[C@H](C(F)(F)F)n3nc(C(=O)Nc4ccc(Cl)cc4)cc3N2)c1. The molecule has 0 aliphatic carbocycles. The van der Waals surface area contributed by atoms with Gasteiger partial charge in [-0.25, -0.2) is 4.68 Å². The summed E-state index contributed by atoms with van der Waals surface area (Å²) in [6, 6.07) is 12.0. The summed E-state index contributed by atoms with van der Waals surface area (Å²) in [6.07, 6.45) is -4.81. The van der Waals surface area contributed by atoms with Crippen molar-refractivity contribution in [3.63, 3.8) is 0 Å². The van der Waals surface area contributed by atoms with Crippen molar-refractivity contribution in [3.8, 4) is 5.75 Å². The molecule has 0 bridgehead atoms. The summed E-state index contributed by atoms with van der Waals surface area (Å²) in [5.74, 6) is 0.0394. The van der Waals surface area contributed by atoms with Crippen LogP contribution in [-0.4, -0.2) is 29.0 Å². The monoisotopic (exact) mass is 450 g/mol. The number of benzene rings is 2. The maximum absolute atomic E-state index is 13.8. The predicted octanol–water partition coefficient (Wildman–Crippen LogP) is 5.46. The molecule has 1 amide bonds. The van der Waals surface area contributed by atoms with E-state index in [1.807, 2.05) is 0 Å². The molecule has 0 radical (unpaired) electrons. The van der Waals surface area contributed by atoms with Crippen molar-refractivity contribution in [2.75, 3.05) is 17.7 Å². The molecule has 3 aromatic rings. The van der Waals surface area contributed by atoms with E-state index in [2.05, 4.69) is 15.7 Å². The topological polar surface area (TPSA) is 68.2 Å². The van der Waals surface area contributed by atoms with Crippen molar-refractivity contribution in [1.82, 2.24) is 9.78 Å². The third kappa shape index (κ3) is 4.46. The second-order valence-electron chi connectivity index (χ2n) is 7.09. The van der Waals surface area contributed by atoms with Gasteiger partial charge in [0, 0.05) is 23.2 Å². The summed E-state index contributed by atoms with van der Waals surface area (Å²) in [5, 5.41) is 10.1. The van der Waals surface area contributed by atoms with Crippen LogP contribution in [0.4, 0.5) is 24.7 Å². The molecule has 2 atom stereocenters. The van der Waals surface area contributed by atoms with Gasteiger partial charge in [0.25, 0.3) is 5.91 Å². The number of carbonyl (C=O) groups is 1. The molecule has 162 valence electrons. The minimum Gasteiger partial charge on any atom is -0.497 e. The molecular formula is C21H18ClF3N4O2. The van der Waals surface area contributed by atoms with Gasteiger partial charge in [0.15, 0.2) is 11.7 Å². The highest BCUT2D eigenvalue weighted by Crippen LogP contribution is 2.44. The van der Waals surface area contributed by atoms with Gasteiger partial charge in [0.1, 0.15) is 11.6 Å². The first kappa shape index (κ1) is 21.0. The van der Waals surface area contributed by atoms with Gasteiger partial charge in [-0.2, -0.15) is 18.3 Å². The van der Waals surface area contributed by atoms with Crippen LogP contribution < -0.4 is 15.4 Å². The highest BCUT2D eigenvalue weighted by molar-refractivity contribution is 6.30. The Morgan fingerprint density at radius 1 is 1.23 bits per heavy atom. The van der Waals surface area contributed by atoms with Crippen molar-refractivity contribution in [2.45, 2.75) is 24.7 Å². The molecule has 2 N–H and O–H groups in total. The maximum atomic E-state index is 13.8. The van der Waals surface area contributed by atoms with Crippen LogP contribution in [0.25, 0.3) is 0 Å². The number of fused-ring (bicyclic) bond motifs is 1. The highest BCUT2D eigenvalue weighted by atomic mass is 35.5. The molecule has 1 aliphatic rings. The van der Waals surface area contributed by atoms with Crippen LogP contribution in [0.2, 0.25) is 5.02 Å². The molecule has 0 spiro atoms. The van der Waals surface area contributed by atoms with Crippen LogP contribution in [0.5, 0.6) is 5.75 Å². The Balaban J connectivity index is 1.64. The van der Waals surface area contributed by atoms with E-state index < -0.39 is 24.2 Å². The minimum atomic E-state index is -4.54. The quantitative estimate of drug-likeness (QED) is 0.554. The fraction of sp³-hybridized carbons (Fsp3) is 0.238. The van der Waals surface area contributed by atoms with Crippen molar-refractivity contribution < 1.29 is 22.7 Å². The average Bonchev–Trinajstić information content (AvgIpc) is 3.18. The van der Waals surface area contributed by atoms with E-state index in [1.165, 1.54) is 13.2 Å². The van der Waals surface area contributed by atoms with E-state index in [-0.39, 0.29) is 17.9 Å². The Kier molecular flexibility index (Phi) is 5.53. The normalized spacial score (nSPS) is 18.1. The van der Waals surface area contributed by atoms with Crippen molar-refractivity contribution in [3.05, 3.63) is 70.9 Å². The van der Waals surface area contributed by atoms with E-state index in [9.17, 15) is 18.0 Å². The zero-order valence-electron chi connectivity index (χ0n) is 16.3. The molecule has 4 rings (SSSR count). The summed E-state index contributed by atoms with van der Waals surface area (Å²) >= 11 is 5.82.